The molecule has 1 saturated heterocycles. The Labute approximate surface area is 136 Å². The van der Waals surface area contributed by atoms with Crippen molar-refractivity contribution in [1.29, 1.82) is 0 Å². The van der Waals surface area contributed by atoms with E-state index in [9.17, 15) is 9.59 Å². The van der Waals surface area contributed by atoms with E-state index in [2.05, 4.69) is 12.1 Å². The number of nitrogens with one attached hydrogen (secondary N) is 1. The van der Waals surface area contributed by atoms with Gasteiger partial charge in [0.15, 0.2) is 6.67 Å². The Morgan fingerprint density at radius 2 is 1.61 bits per heavy atom. The maximum atomic E-state index is 12.6. The third-order valence-electron chi connectivity index (χ3n) is 4.22. The first-order valence-corrected chi connectivity index (χ1v) is 7.89. The summed E-state index contributed by atoms with van der Waals surface area (Å²) >= 11 is 0. The molecule has 23 heavy (non-hydrogen) atoms. The first kappa shape index (κ1) is 15.4. The molecule has 4 heteroatoms. The average molecular weight is 309 g/mol. The molecule has 0 bridgehead atoms. The highest BCUT2D eigenvalue weighted by Gasteiger charge is 2.40. The normalized spacial score (nSPS) is 19.2. The van der Waals surface area contributed by atoms with E-state index in [1.165, 1.54) is 10.5 Å². The van der Waals surface area contributed by atoms with Crippen LogP contribution in [0.1, 0.15) is 23.5 Å². The maximum Gasteiger partial charge on any atom is 0.241 e. The summed E-state index contributed by atoms with van der Waals surface area (Å²) in [6, 6.07) is 19.7. The van der Waals surface area contributed by atoms with Crippen molar-refractivity contribution >= 4 is 11.8 Å². The Bertz CT molecular complexity index is 685. The van der Waals surface area contributed by atoms with Gasteiger partial charge in [0, 0.05) is 12.0 Å². The fraction of sp³-hybridized carbons (Fsp3) is 0.263. The van der Waals surface area contributed by atoms with Crippen molar-refractivity contribution in [2.24, 2.45) is 0 Å². The number of imide groups is 1. The van der Waals surface area contributed by atoms with Crippen LogP contribution < -0.4 is 4.90 Å². The third-order valence-corrected chi connectivity index (χ3v) is 4.22. The van der Waals surface area contributed by atoms with Gasteiger partial charge in [0.2, 0.25) is 11.8 Å². The zero-order chi connectivity index (χ0) is 16.2. The van der Waals surface area contributed by atoms with Crippen molar-refractivity contribution in [1.82, 2.24) is 4.90 Å². The highest BCUT2D eigenvalue weighted by atomic mass is 16.2. The van der Waals surface area contributed by atoms with Crippen LogP contribution in [-0.4, -0.2) is 30.4 Å². The van der Waals surface area contributed by atoms with Crippen molar-refractivity contribution in [3.8, 4) is 0 Å². The molecule has 1 fully saturated rings. The zero-order valence-electron chi connectivity index (χ0n) is 13.2. The van der Waals surface area contributed by atoms with Gasteiger partial charge in [0.25, 0.3) is 0 Å². The van der Waals surface area contributed by atoms with E-state index in [1.807, 2.05) is 55.6 Å². The van der Waals surface area contributed by atoms with Crippen LogP contribution in [0.5, 0.6) is 0 Å². The van der Waals surface area contributed by atoms with Gasteiger partial charge in [-0.25, -0.2) is 4.90 Å². The number of amides is 2. The Morgan fingerprint density at radius 1 is 1.00 bits per heavy atom. The number of hydrogen-bond donors (Lipinski definition) is 1. The smallest absolute Gasteiger partial charge is 0.241 e. The van der Waals surface area contributed by atoms with Gasteiger partial charge in [-0.1, -0.05) is 60.7 Å². The van der Waals surface area contributed by atoms with E-state index in [0.29, 0.717) is 6.67 Å². The minimum atomic E-state index is -0.326. The topological polar surface area (TPSA) is 41.8 Å². The lowest BCUT2D eigenvalue weighted by molar-refractivity contribution is -0.901. The molecule has 2 atom stereocenters. The van der Waals surface area contributed by atoms with E-state index < -0.39 is 0 Å². The number of benzene rings is 2. The predicted molar refractivity (Wildman–Crippen MR) is 87.6 cm³/mol. The van der Waals surface area contributed by atoms with Crippen molar-refractivity contribution in [2.45, 2.75) is 18.9 Å². The van der Waals surface area contributed by atoms with Gasteiger partial charge in [0.05, 0.1) is 13.0 Å². The molecule has 0 aliphatic carbocycles. The summed E-state index contributed by atoms with van der Waals surface area (Å²) < 4.78 is 0. The van der Waals surface area contributed by atoms with Gasteiger partial charge in [-0.2, -0.15) is 0 Å². The molecule has 1 N–H and O–H groups in total. The first-order valence-electron chi connectivity index (χ1n) is 7.89. The van der Waals surface area contributed by atoms with E-state index >= 15 is 0 Å². The van der Waals surface area contributed by atoms with Crippen LogP contribution in [0.4, 0.5) is 0 Å². The Kier molecular flexibility index (Phi) is 4.53. The number of carbonyl (C=O) groups excluding carboxylic acids is 2. The summed E-state index contributed by atoms with van der Waals surface area (Å²) in [5.41, 5.74) is 2.12. The van der Waals surface area contributed by atoms with Crippen LogP contribution in [0.2, 0.25) is 0 Å². The standard InChI is InChI=1S/C19H20N2O2/c1-20(13-15-8-4-2-5-9-15)14-21-18(22)12-17(19(21)23)16-10-6-3-7-11-16/h2-11,17H,12-14H2,1H3/p+1/t17-/m0/s1. The Hall–Kier alpha value is -2.46. The van der Waals surface area contributed by atoms with Crippen molar-refractivity contribution in [3.63, 3.8) is 0 Å². The number of likely N-dealkylation sites (tertiary alicyclic amines) is 1. The van der Waals surface area contributed by atoms with Gasteiger partial charge in [-0.15, -0.1) is 0 Å². The van der Waals surface area contributed by atoms with Gasteiger partial charge >= 0.3 is 0 Å². The zero-order valence-corrected chi connectivity index (χ0v) is 13.2. The molecule has 2 amide bonds. The minimum Gasteiger partial charge on any atom is -0.316 e. The van der Waals surface area contributed by atoms with Gasteiger partial charge < -0.3 is 4.90 Å². The molecule has 2 aromatic carbocycles. The average Bonchev–Trinajstić information content (AvgIpc) is 2.85. The molecule has 1 aliphatic heterocycles. The highest BCUT2D eigenvalue weighted by molar-refractivity contribution is 6.06. The van der Waals surface area contributed by atoms with Crippen molar-refractivity contribution < 1.29 is 14.5 Å². The number of hydrogen-bond acceptors (Lipinski definition) is 2. The van der Waals surface area contributed by atoms with E-state index in [1.54, 1.807) is 0 Å². The van der Waals surface area contributed by atoms with Crippen LogP contribution in [0, 0.1) is 0 Å². The maximum absolute atomic E-state index is 12.6. The van der Waals surface area contributed by atoms with Crippen molar-refractivity contribution in [2.75, 3.05) is 13.7 Å². The molecule has 0 saturated carbocycles. The van der Waals surface area contributed by atoms with Crippen LogP contribution in [0.15, 0.2) is 60.7 Å². The van der Waals surface area contributed by atoms with Crippen LogP contribution >= 0.6 is 0 Å². The van der Waals surface area contributed by atoms with E-state index in [4.69, 9.17) is 0 Å². The molecule has 0 aromatic heterocycles. The number of nitrogens with zero attached hydrogens (tertiary/aromatic N) is 1. The predicted octanol–water partition coefficient (Wildman–Crippen LogP) is 1.20. The molecule has 1 heterocycles. The molecule has 1 unspecified atom stereocenters. The van der Waals surface area contributed by atoms with Gasteiger partial charge in [-0.05, 0) is 5.56 Å². The molecule has 4 nitrogen and oxygen atoms in total. The summed E-state index contributed by atoms with van der Waals surface area (Å²) in [5.74, 6) is -0.474. The minimum absolute atomic E-state index is 0.0729. The SMILES string of the molecule is C[NH+](Cc1ccccc1)CN1C(=O)C[C@@H](c2ccccc2)C1=O. The Morgan fingerprint density at radius 3 is 2.26 bits per heavy atom. The second-order valence-electron chi connectivity index (χ2n) is 6.10. The molecule has 0 spiro atoms. The van der Waals surface area contributed by atoms with E-state index in [-0.39, 0.29) is 24.2 Å². The summed E-state index contributed by atoms with van der Waals surface area (Å²) in [7, 11) is 2.00. The molecule has 3 rings (SSSR count). The number of quaternary nitrogens is 1. The van der Waals surface area contributed by atoms with Gasteiger partial charge in [0.1, 0.15) is 6.54 Å². The molecule has 118 valence electrons. The van der Waals surface area contributed by atoms with Crippen LogP contribution in [0.3, 0.4) is 0 Å². The number of carbonyl (C=O) groups is 2. The monoisotopic (exact) mass is 309 g/mol. The highest BCUT2D eigenvalue weighted by Crippen LogP contribution is 2.28. The van der Waals surface area contributed by atoms with Crippen molar-refractivity contribution in [3.05, 3.63) is 71.8 Å². The van der Waals surface area contributed by atoms with E-state index in [0.717, 1.165) is 17.0 Å². The summed E-state index contributed by atoms with van der Waals surface area (Å²) in [5, 5.41) is 0. The molecular weight excluding hydrogens is 288 g/mol. The lowest BCUT2D eigenvalue weighted by Crippen LogP contribution is -3.09. The molecular formula is C19H21N2O2+. The third kappa shape index (κ3) is 3.48. The molecule has 1 aliphatic rings. The fourth-order valence-corrected chi connectivity index (χ4v) is 3.07. The lowest BCUT2D eigenvalue weighted by Gasteiger charge is -2.20. The lowest BCUT2D eigenvalue weighted by atomic mass is 9.98. The summed E-state index contributed by atoms with van der Waals surface area (Å²) in [4.78, 5) is 27.4. The summed E-state index contributed by atoms with van der Waals surface area (Å²) in [6.07, 6.45) is 0.279. The fourth-order valence-electron chi connectivity index (χ4n) is 3.07. The summed E-state index contributed by atoms with van der Waals surface area (Å²) in [6.45, 7) is 1.20. The first-order chi connectivity index (χ1) is 11.1. The second-order valence-corrected chi connectivity index (χ2v) is 6.10. The van der Waals surface area contributed by atoms with Crippen LogP contribution in [0.25, 0.3) is 0 Å². The molecule has 2 aromatic rings. The molecule has 0 radical (unpaired) electrons. The largest absolute Gasteiger partial charge is 0.316 e. The second kappa shape index (κ2) is 6.75. The van der Waals surface area contributed by atoms with Crippen LogP contribution in [-0.2, 0) is 16.1 Å². The Balaban J connectivity index is 1.66. The van der Waals surface area contributed by atoms with Gasteiger partial charge in [-0.3, -0.25) is 9.59 Å². The number of rotatable bonds is 5. The quantitative estimate of drug-likeness (QED) is 0.843.